The van der Waals surface area contributed by atoms with Crippen LogP contribution < -0.4 is 10.6 Å². The van der Waals surface area contributed by atoms with E-state index in [1.807, 2.05) is 6.92 Å². The lowest BCUT2D eigenvalue weighted by atomic mass is 10.1. The molecule has 0 radical (unpaired) electrons. The molecule has 0 aliphatic heterocycles. The molecule has 0 saturated heterocycles. The lowest BCUT2D eigenvalue weighted by Crippen LogP contribution is -2.32. The summed E-state index contributed by atoms with van der Waals surface area (Å²) in [6, 6.07) is 4.31. The van der Waals surface area contributed by atoms with E-state index in [-0.39, 0.29) is 17.2 Å². The third-order valence-corrected chi connectivity index (χ3v) is 3.16. The summed E-state index contributed by atoms with van der Waals surface area (Å²) in [5, 5.41) is 8.94. The number of carboxylic acids is 1. The van der Waals surface area contributed by atoms with Gasteiger partial charge in [-0.3, -0.25) is 4.79 Å². The van der Waals surface area contributed by atoms with Gasteiger partial charge in [-0.2, -0.15) is 0 Å². The van der Waals surface area contributed by atoms with Gasteiger partial charge in [-0.25, -0.2) is 9.78 Å². The number of carboxylic acid groups (broad SMARTS) is 1. The summed E-state index contributed by atoms with van der Waals surface area (Å²) in [6.07, 6.45) is 3.02. The second-order valence-corrected chi connectivity index (χ2v) is 4.52. The highest BCUT2D eigenvalue weighted by Gasteiger charge is 2.21. The molecular weight excluding hydrogens is 272 g/mol. The third-order valence-electron chi connectivity index (χ3n) is 3.16. The maximum Gasteiger partial charge on any atom is 0.335 e. The molecule has 1 amide bonds. The quantitative estimate of drug-likeness (QED) is 0.827. The first-order valence-corrected chi connectivity index (χ1v) is 6.36. The van der Waals surface area contributed by atoms with Crippen LogP contribution in [0.15, 0.2) is 30.7 Å². The van der Waals surface area contributed by atoms with Crippen molar-refractivity contribution >= 4 is 23.3 Å². The minimum absolute atomic E-state index is 0.0836. The van der Waals surface area contributed by atoms with Crippen LogP contribution in [0.1, 0.15) is 27.8 Å². The van der Waals surface area contributed by atoms with Gasteiger partial charge in [0.15, 0.2) is 0 Å². The number of carbonyl (C=O) groups is 2. The van der Waals surface area contributed by atoms with Crippen molar-refractivity contribution in [3.05, 3.63) is 42.0 Å². The molecule has 0 bridgehead atoms. The summed E-state index contributed by atoms with van der Waals surface area (Å²) in [7, 11) is 1.73. The number of benzene rings is 1. The Morgan fingerprint density at radius 3 is 2.62 bits per heavy atom. The largest absolute Gasteiger partial charge is 0.478 e. The Morgan fingerprint density at radius 1 is 1.43 bits per heavy atom. The normalized spacial score (nSPS) is 10.4. The van der Waals surface area contributed by atoms with Crippen molar-refractivity contribution in [1.29, 1.82) is 0 Å². The molecule has 0 atom stereocenters. The molecule has 0 unspecified atom stereocenters. The van der Waals surface area contributed by atoms with Crippen LogP contribution in [-0.4, -0.2) is 33.1 Å². The van der Waals surface area contributed by atoms with Gasteiger partial charge in [0.05, 0.1) is 29.5 Å². The van der Waals surface area contributed by atoms with Gasteiger partial charge < -0.3 is 20.3 Å². The molecule has 1 heterocycles. The molecule has 3 N–H and O–H groups in total. The Morgan fingerprint density at radius 2 is 2.14 bits per heavy atom. The van der Waals surface area contributed by atoms with Crippen LogP contribution in [0, 0.1) is 0 Å². The summed E-state index contributed by atoms with van der Waals surface area (Å²) in [6.45, 7) is 2.22. The molecule has 2 rings (SSSR count). The molecule has 0 saturated carbocycles. The van der Waals surface area contributed by atoms with Crippen molar-refractivity contribution in [3.63, 3.8) is 0 Å². The standard InChI is InChI=1S/C14H16N4O3/c1-3-18(13(19)12-7-16-8-17(12)2)11-5-4-9(14(20)21)6-10(11)15/h4-8H,3,15H2,1-2H3,(H,20,21). The number of aromatic carboxylic acids is 1. The average molecular weight is 288 g/mol. The number of nitrogens with zero attached hydrogens (tertiary/aromatic N) is 3. The number of rotatable bonds is 4. The maximum absolute atomic E-state index is 12.5. The van der Waals surface area contributed by atoms with E-state index >= 15 is 0 Å². The van der Waals surface area contributed by atoms with Crippen molar-refractivity contribution < 1.29 is 14.7 Å². The molecule has 0 aliphatic rings. The Labute approximate surface area is 121 Å². The van der Waals surface area contributed by atoms with Gasteiger partial charge in [0.1, 0.15) is 5.69 Å². The minimum atomic E-state index is -1.06. The van der Waals surface area contributed by atoms with Crippen LogP contribution in [0.5, 0.6) is 0 Å². The summed E-state index contributed by atoms with van der Waals surface area (Å²) in [5.74, 6) is -1.30. The zero-order valence-corrected chi connectivity index (χ0v) is 11.8. The number of nitrogen functional groups attached to an aromatic ring is 1. The molecule has 110 valence electrons. The zero-order valence-electron chi connectivity index (χ0n) is 11.8. The zero-order chi connectivity index (χ0) is 15.6. The van der Waals surface area contributed by atoms with E-state index in [4.69, 9.17) is 10.8 Å². The van der Waals surface area contributed by atoms with E-state index in [1.54, 1.807) is 11.6 Å². The van der Waals surface area contributed by atoms with Crippen LogP contribution >= 0.6 is 0 Å². The highest BCUT2D eigenvalue weighted by atomic mass is 16.4. The van der Waals surface area contributed by atoms with Gasteiger partial charge >= 0.3 is 5.97 Å². The lowest BCUT2D eigenvalue weighted by molar-refractivity contribution is 0.0697. The number of aromatic nitrogens is 2. The predicted molar refractivity (Wildman–Crippen MR) is 78.4 cm³/mol. The van der Waals surface area contributed by atoms with Gasteiger partial charge in [0, 0.05) is 13.6 Å². The van der Waals surface area contributed by atoms with Gasteiger partial charge in [0.2, 0.25) is 0 Å². The van der Waals surface area contributed by atoms with Gasteiger partial charge in [-0.05, 0) is 25.1 Å². The highest BCUT2D eigenvalue weighted by molar-refractivity contribution is 6.06. The number of anilines is 2. The monoisotopic (exact) mass is 288 g/mol. The fourth-order valence-corrected chi connectivity index (χ4v) is 2.06. The van der Waals surface area contributed by atoms with Gasteiger partial charge in [-0.1, -0.05) is 0 Å². The number of hydrogen-bond acceptors (Lipinski definition) is 4. The van der Waals surface area contributed by atoms with Crippen LogP contribution in [0.25, 0.3) is 0 Å². The molecule has 0 spiro atoms. The topological polar surface area (TPSA) is 101 Å². The number of nitrogens with two attached hydrogens (primary N) is 1. The smallest absolute Gasteiger partial charge is 0.335 e. The highest BCUT2D eigenvalue weighted by Crippen LogP contribution is 2.25. The average Bonchev–Trinajstić information content (AvgIpc) is 2.87. The molecule has 0 aliphatic carbocycles. The number of amides is 1. The Balaban J connectivity index is 2.40. The molecule has 0 fully saturated rings. The number of aryl methyl sites for hydroxylation is 1. The predicted octanol–water partition coefficient (Wildman–Crippen LogP) is 1.37. The molecule has 1 aromatic carbocycles. The lowest BCUT2D eigenvalue weighted by Gasteiger charge is -2.22. The van der Waals surface area contributed by atoms with Crippen LogP contribution in [0.4, 0.5) is 11.4 Å². The second kappa shape index (κ2) is 5.66. The minimum Gasteiger partial charge on any atom is -0.478 e. The number of imidazole rings is 1. The molecule has 21 heavy (non-hydrogen) atoms. The van der Waals surface area contributed by atoms with Crippen LogP contribution in [0.2, 0.25) is 0 Å². The summed E-state index contributed by atoms with van der Waals surface area (Å²) < 4.78 is 1.62. The molecule has 7 heteroatoms. The van der Waals surface area contributed by atoms with Crippen LogP contribution in [0.3, 0.4) is 0 Å². The van der Waals surface area contributed by atoms with E-state index in [0.717, 1.165) is 0 Å². The SMILES string of the molecule is CCN(C(=O)c1cncn1C)c1ccc(C(=O)O)cc1N. The molecular formula is C14H16N4O3. The molecule has 7 nitrogen and oxygen atoms in total. The first-order valence-electron chi connectivity index (χ1n) is 6.36. The van der Waals surface area contributed by atoms with E-state index in [2.05, 4.69) is 4.98 Å². The van der Waals surface area contributed by atoms with E-state index in [0.29, 0.717) is 17.9 Å². The first-order chi connectivity index (χ1) is 9.95. The van der Waals surface area contributed by atoms with Crippen molar-refractivity contribution in [2.24, 2.45) is 7.05 Å². The summed E-state index contributed by atoms with van der Waals surface area (Å²) in [4.78, 5) is 28.8. The fourth-order valence-electron chi connectivity index (χ4n) is 2.06. The van der Waals surface area contributed by atoms with Gasteiger partial charge in [0.25, 0.3) is 5.91 Å². The third kappa shape index (κ3) is 2.71. The second-order valence-electron chi connectivity index (χ2n) is 4.52. The number of carbonyl (C=O) groups excluding carboxylic acids is 1. The maximum atomic E-state index is 12.5. The van der Waals surface area contributed by atoms with E-state index < -0.39 is 5.97 Å². The van der Waals surface area contributed by atoms with Crippen molar-refractivity contribution in [2.75, 3.05) is 17.2 Å². The summed E-state index contributed by atoms with van der Waals surface area (Å²) >= 11 is 0. The molecule has 1 aromatic heterocycles. The Kier molecular flexibility index (Phi) is 3.93. The van der Waals surface area contributed by atoms with Crippen molar-refractivity contribution in [3.8, 4) is 0 Å². The Bertz CT molecular complexity index is 693. The van der Waals surface area contributed by atoms with Crippen molar-refractivity contribution in [1.82, 2.24) is 9.55 Å². The first kappa shape index (κ1) is 14.6. The number of hydrogen-bond donors (Lipinski definition) is 2. The van der Waals surface area contributed by atoms with E-state index in [9.17, 15) is 9.59 Å². The van der Waals surface area contributed by atoms with Gasteiger partial charge in [-0.15, -0.1) is 0 Å². The van der Waals surface area contributed by atoms with Crippen molar-refractivity contribution in [2.45, 2.75) is 6.92 Å². The van der Waals surface area contributed by atoms with Crippen LogP contribution in [-0.2, 0) is 7.05 Å². The fraction of sp³-hybridized carbons (Fsp3) is 0.214. The van der Waals surface area contributed by atoms with E-state index in [1.165, 1.54) is 35.6 Å². The molecule has 2 aromatic rings. The summed E-state index contributed by atoms with van der Waals surface area (Å²) in [5.41, 5.74) is 7.12. The Hall–Kier alpha value is -2.83.